The number of hydrogen-bond donors (Lipinski definition) is 1. The Labute approximate surface area is 126 Å². The Morgan fingerprint density at radius 2 is 2.24 bits per heavy atom. The van der Waals surface area contributed by atoms with Crippen molar-refractivity contribution in [3.63, 3.8) is 0 Å². The van der Waals surface area contributed by atoms with E-state index in [-0.39, 0.29) is 6.04 Å². The smallest absolute Gasteiger partial charge is 0.119 e. The molecule has 0 bridgehead atoms. The highest BCUT2D eigenvalue weighted by Gasteiger charge is 2.32. The van der Waals surface area contributed by atoms with E-state index in [1.54, 1.807) is 7.11 Å². The first-order valence-corrected chi connectivity index (χ1v) is 7.85. The molecular weight excluding hydrogens is 266 g/mol. The Kier molecular flexibility index (Phi) is 4.48. The summed E-state index contributed by atoms with van der Waals surface area (Å²) in [7, 11) is 3.78. The van der Waals surface area contributed by atoms with Crippen LogP contribution in [0.5, 0.6) is 5.75 Å². The highest BCUT2D eigenvalue weighted by molar-refractivity contribution is 5.39. The molecule has 3 atom stereocenters. The minimum atomic E-state index is -0.425. The van der Waals surface area contributed by atoms with Gasteiger partial charge in [0, 0.05) is 19.2 Å². The minimum Gasteiger partial charge on any atom is -0.497 e. The van der Waals surface area contributed by atoms with E-state index in [2.05, 4.69) is 18.0 Å². The first kappa shape index (κ1) is 14.8. The summed E-state index contributed by atoms with van der Waals surface area (Å²) in [5.41, 5.74) is 2.26. The van der Waals surface area contributed by atoms with E-state index in [9.17, 15) is 5.11 Å². The summed E-state index contributed by atoms with van der Waals surface area (Å²) in [5, 5.41) is 10.7. The Bertz CT molecular complexity index is 485. The maximum absolute atomic E-state index is 10.7. The van der Waals surface area contributed by atoms with Crippen molar-refractivity contribution in [3.05, 3.63) is 29.3 Å². The van der Waals surface area contributed by atoms with Crippen molar-refractivity contribution in [2.45, 2.75) is 43.9 Å². The van der Waals surface area contributed by atoms with Gasteiger partial charge in [0.05, 0.1) is 19.3 Å². The average Bonchev–Trinajstić information content (AvgIpc) is 3.00. The Balaban J connectivity index is 1.70. The summed E-state index contributed by atoms with van der Waals surface area (Å²) >= 11 is 0. The fraction of sp³-hybridized carbons (Fsp3) is 0.647. The largest absolute Gasteiger partial charge is 0.497 e. The normalized spacial score (nSPS) is 28.7. The van der Waals surface area contributed by atoms with Crippen molar-refractivity contribution in [1.82, 2.24) is 4.90 Å². The number of ether oxygens (including phenoxy) is 2. The predicted molar refractivity (Wildman–Crippen MR) is 81.7 cm³/mol. The maximum Gasteiger partial charge on any atom is 0.119 e. The molecule has 2 aliphatic rings. The first-order valence-electron chi connectivity index (χ1n) is 7.85. The lowest BCUT2D eigenvalue weighted by Gasteiger charge is -2.37. The monoisotopic (exact) mass is 291 g/mol. The summed E-state index contributed by atoms with van der Waals surface area (Å²) in [4.78, 5) is 2.27. The van der Waals surface area contributed by atoms with Crippen LogP contribution >= 0.6 is 0 Å². The van der Waals surface area contributed by atoms with E-state index in [0.717, 1.165) is 50.1 Å². The number of benzene rings is 1. The van der Waals surface area contributed by atoms with Crippen molar-refractivity contribution in [3.8, 4) is 5.75 Å². The molecule has 0 aromatic heterocycles. The second-order valence-electron chi connectivity index (χ2n) is 6.19. The maximum atomic E-state index is 10.7. The lowest BCUT2D eigenvalue weighted by molar-refractivity contribution is 0.0152. The van der Waals surface area contributed by atoms with Gasteiger partial charge in [0.15, 0.2) is 0 Å². The fourth-order valence-corrected chi connectivity index (χ4v) is 3.59. The zero-order valence-corrected chi connectivity index (χ0v) is 12.9. The van der Waals surface area contributed by atoms with E-state index in [1.807, 2.05) is 12.1 Å². The van der Waals surface area contributed by atoms with Gasteiger partial charge in [0.1, 0.15) is 5.75 Å². The molecule has 1 saturated heterocycles. The second kappa shape index (κ2) is 6.34. The highest BCUT2D eigenvalue weighted by Crippen LogP contribution is 2.34. The molecule has 1 aromatic rings. The minimum absolute atomic E-state index is 0.176. The molecule has 1 N–H and O–H groups in total. The van der Waals surface area contributed by atoms with E-state index < -0.39 is 6.10 Å². The zero-order chi connectivity index (χ0) is 14.8. The third-order valence-corrected chi connectivity index (χ3v) is 4.82. The van der Waals surface area contributed by atoms with Crippen molar-refractivity contribution < 1.29 is 14.6 Å². The number of aliphatic hydroxyl groups excluding tert-OH is 1. The molecule has 3 rings (SSSR count). The molecule has 1 aliphatic heterocycles. The molecule has 0 saturated carbocycles. The van der Waals surface area contributed by atoms with Crippen LogP contribution in [0.15, 0.2) is 18.2 Å². The molecule has 1 fully saturated rings. The number of likely N-dealkylation sites (N-methyl/N-ethyl adjacent to an activating group) is 1. The Morgan fingerprint density at radius 3 is 2.95 bits per heavy atom. The number of aliphatic hydroxyl groups is 1. The van der Waals surface area contributed by atoms with E-state index in [1.165, 1.54) is 5.56 Å². The van der Waals surface area contributed by atoms with Crippen LogP contribution in [-0.4, -0.2) is 49.5 Å². The summed E-state index contributed by atoms with van der Waals surface area (Å²) in [6, 6.07) is 6.17. The number of rotatable bonds is 4. The zero-order valence-electron chi connectivity index (χ0n) is 12.9. The number of fused-ring (bicyclic) bond motifs is 1. The number of hydrogen-bond acceptors (Lipinski definition) is 4. The lowest BCUT2D eigenvalue weighted by Crippen LogP contribution is -2.43. The van der Waals surface area contributed by atoms with Crippen LogP contribution in [0.25, 0.3) is 0 Å². The Morgan fingerprint density at radius 1 is 1.38 bits per heavy atom. The van der Waals surface area contributed by atoms with Crippen LogP contribution in [0.2, 0.25) is 0 Å². The van der Waals surface area contributed by atoms with Crippen LogP contribution in [0.4, 0.5) is 0 Å². The van der Waals surface area contributed by atoms with Crippen molar-refractivity contribution in [2.75, 3.05) is 27.3 Å². The lowest BCUT2D eigenvalue weighted by atomic mass is 9.85. The van der Waals surface area contributed by atoms with Gasteiger partial charge in [0.25, 0.3) is 0 Å². The molecule has 1 heterocycles. The van der Waals surface area contributed by atoms with E-state index in [0.29, 0.717) is 6.10 Å². The van der Waals surface area contributed by atoms with Gasteiger partial charge in [-0.2, -0.15) is 0 Å². The third kappa shape index (κ3) is 3.07. The molecule has 4 heteroatoms. The van der Waals surface area contributed by atoms with Crippen molar-refractivity contribution in [1.29, 1.82) is 0 Å². The molecule has 3 unspecified atom stereocenters. The van der Waals surface area contributed by atoms with Gasteiger partial charge >= 0.3 is 0 Å². The standard InChI is InChI=1S/C17H25NO3/c1-18(11-14-4-3-9-21-14)16-8-5-12-10-13(20-2)6-7-15(12)17(16)19/h6-7,10,14,16-17,19H,3-5,8-9,11H2,1-2H3. The summed E-state index contributed by atoms with van der Waals surface area (Å²) < 4.78 is 11.0. The number of methoxy groups -OCH3 is 1. The summed E-state index contributed by atoms with van der Waals surface area (Å²) in [6.07, 6.45) is 4.18. The first-order chi connectivity index (χ1) is 10.2. The number of aryl methyl sites for hydroxylation is 1. The predicted octanol–water partition coefficient (Wildman–Crippen LogP) is 2.15. The molecule has 1 aromatic carbocycles. The molecule has 0 amide bonds. The third-order valence-electron chi connectivity index (χ3n) is 4.82. The van der Waals surface area contributed by atoms with Gasteiger partial charge < -0.3 is 14.6 Å². The highest BCUT2D eigenvalue weighted by atomic mass is 16.5. The van der Waals surface area contributed by atoms with Gasteiger partial charge in [-0.1, -0.05) is 6.07 Å². The van der Waals surface area contributed by atoms with Crippen LogP contribution in [0, 0.1) is 0 Å². The van der Waals surface area contributed by atoms with Gasteiger partial charge in [-0.3, -0.25) is 4.90 Å². The van der Waals surface area contributed by atoms with Crippen LogP contribution < -0.4 is 4.74 Å². The number of nitrogens with zero attached hydrogens (tertiary/aromatic N) is 1. The SMILES string of the molecule is COc1ccc2c(c1)CCC(N(C)CC1CCCO1)C2O. The fourth-order valence-electron chi connectivity index (χ4n) is 3.59. The van der Waals surface area contributed by atoms with E-state index in [4.69, 9.17) is 9.47 Å². The molecule has 0 spiro atoms. The van der Waals surface area contributed by atoms with Crippen LogP contribution in [0.3, 0.4) is 0 Å². The van der Waals surface area contributed by atoms with Gasteiger partial charge in [-0.05, 0) is 56.0 Å². The van der Waals surface area contributed by atoms with E-state index >= 15 is 0 Å². The average molecular weight is 291 g/mol. The van der Waals surface area contributed by atoms with Crippen molar-refractivity contribution >= 4 is 0 Å². The summed E-state index contributed by atoms with van der Waals surface area (Å²) in [5.74, 6) is 0.868. The van der Waals surface area contributed by atoms with Gasteiger partial charge in [-0.25, -0.2) is 0 Å². The second-order valence-corrected chi connectivity index (χ2v) is 6.19. The van der Waals surface area contributed by atoms with Gasteiger partial charge in [0.2, 0.25) is 0 Å². The molecule has 21 heavy (non-hydrogen) atoms. The van der Waals surface area contributed by atoms with Crippen molar-refractivity contribution in [2.24, 2.45) is 0 Å². The quantitative estimate of drug-likeness (QED) is 0.923. The van der Waals surface area contributed by atoms with Crippen LogP contribution in [-0.2, 0) is 11.2 Å². The Hall–Kier alpha value is -1.10. The molecule has 4 nitrogen and oxygen atoms in total. The van der Waals surface area contributed by atoms with Crippen LogP contribution in [0.1, 0.15) is 36.5 Å². The molecule has 1 aliphatic carbocycles. The topological polar surface area (TPSA) is 41.9 Å². The van der Waals surface area contributed by atoms with Gasteiger partial charge in [-0.15, -0.1) is 0 Å². The molecule has 0 radical (unpaired) electrons. The summed E-state index contributed by atoms with van der Waals surface area (Å²) in [6.45, 7) is 1.79. The molecular formula is C17H25NO3. The molecule has 116 valence electrons.